The van der Waals surface area contributed by atoms with Crippen molar-refractivity contribution in [2.45, 2.75) is 39.9 Å². The molecule has 3 aromatic rings. The SMILES string of the molecule is CCOC(Cc1ccc(OCc2sc(-c3ccc(Cl)cc3)nc2C)cc1C)C(=O)O. The van der Waals surface area contributed by atoms with E-state index in [1.165, 1.54) is 0 Å². The average Bonchev–Trinajstić information content (AvgIpc) is 3.08. The topological polar surface area (TPSA) is 68.7 Å². The van der Waals surface area contributed by atoms with Crippen molar-refractivity contribution in [2.75, 3.05) is 6.61 Å². The van der Waals surface area contributed by atoms with E-state index in [1.54, 1.807) is 18.3 Å². The van der Waals surface area contributed by atoms with Gasteiger partial charge in [-0.1, -0.05) is 29.8 Å². The number of carbonyl (C=O) groups is 1. The summed E-state index contributed by atoms with van der Waals surface area (Å²) in [7, 11) is 0. The largest absolute Gasteiger partial charge is 0.488 e. The molecule has 2 aromatic carbocycles. The molecule has 0 saturated carbocycles. The molecule has 0 aliphatic rings. The van der Waals surface area contributed by atoms with Crippen molar-refractivity contribution in [1.82, 2.24) is 4.98 Å². The van der Waals surface area contributed by atoms with Crippen LogP contribution in [0.5, 0.6) is 5.75 Å². The second-order valence-corrected chi connectivity index (χ2v) is 8.42. The number of aromatic nitrogens is 1. The summed E-state index contributed by atoms with van der Waals surface area (Å²) < 4.78 is 11.3. The number of ether oxygens (including phenoxy) is 2. The fourth-order valence-electron chi connectivity index (χ4n) is 3.03. The Morgan fingerprint density at radius 2 is 1.93 bits per heavy atom. The van der Waals surface area contributed by atoms with E-state index in [1.807, 2.05) is 56.3 Å². The van der Waals surface area contributed by atoms with Crippen LogP contribution in [0.1, 0.15) is 28.6 Å². The molecule has 0 bridgehead atoms. The number of aryl methyl sites for hydroxylation is 2. The highest BCUT2D eigenvalue weighted by molar-refractivity contribution is 7.15. The molecule has 30 heavy (non-hydrogen) atoms. The minimum Gasteiger partial charge on any atom is -0.488 e. The maximum absolute atomic E-state index is 11.3. The number of aliphatic carboxylic acids is 1. The molecule has 1 N–H and O–H groups in total. The van der Waals surface area contributed by atoms with Crippen LogP contribution in [-0.2, 0) is 22.6 Å². The van der Waals surface area contributed by atoms with E-state index in [-0.39, 0.29) is 0 Å². The van der Waals surface area contributed by atoms with Gasteiger partial charge in [-0.25, -0.2) is 9.78 Å². The molecule has 0 aliphatic carbocycles. The minimum atomic E-state index is -0.950. The molecule has 1 atom stereocenters. The molecule has 0 saturated heterocycles. The number of carboxylic acid groups (broad SMARTS) is 1. The summed E-state index contributed by atoms with van der Waals surface area (Å²) in [6.07, 6.45) is -0.514. The summed E-state index contributed by atoms with van der Waals surface area (Å²) in [5.41, 5.74) is 3.88. The first kappa shape index (κ1) is 22.3. The zero-order valence-corrected chi connectivity index (χ0v) is 18.7. The number of benzene rings is 2. The van der Waals surface area contributed by atoms with Gasteiger partial charge in [-0.3, -0.25) is 0 Å². The van der Waals surface area contributed by atoms with Crippen molar-refractivity contribution in [1.29, 1.82) is 0 Å². The molecule has 1 heterocycles. The van der Waals surface area contributed by atoms with Gasteiger partial charge in [0.25, 0.3) is 0 Å². The van der Waals surface area contributed by atoms with Crippen LogP contribution in [0.2, 0.25) is 5.02 Å². The van der Waals surface area contributed by atoms with Gasteiger partial charge in [-0.15, -0.1) is 11.3 Å². The Kier molecular flexibility index (Phi) is 7.48. The Hall–Kier alpha value is -2.41. The Bertz CT molecular complexity index is 1020. The van der Waals surface area contributed by atoms with Gasteiger partial charge < -0.3 is 14.6 Å². The lowest BCUT2D eigenvalue weighted by molar-refractivity contribution is -0.149. The Balaban J connectivity index is 1.67. The van der Waals surface area contributed by atoms with E-state index in [4.69, 9.17) is 21.1 Å². The summed E-state index contributed by atoms with van der Waals surface area (Å²) in [4.78, 5) is 17.0. The second kappa shape index (κ2) is 10.1. The van der Waals surface area contributed by atoms with Crippen molar-refractivity contribution in [3.05, 3.63) is 69.2 Å². The standard InChI is InChI=1S/C23H24ClNO4S/c1-4-28-20(23(26)27)12-17-7-10-19(11-14(17)2)29-13-21-15(3)25-22(30-21)16-5-8-18(24)9-6-16/h5-11,20H,4,12-13H2,1-3H3,(H,26,27). The highest BCUT2D eigenvalue weighted by Gasteiger charge is 2.19. The predicted molar refractivity (Wildman–Crippen MR) is 120 cm³/mol. The first-order valence-corrected chi connectivity index (χ1v) is 10.9. The van der Waals surface area contributed by atoms with Crippen LogP contribution in [0.15, 0.2) is 42.5 Å². The zero-order chi connectivity index (χ0) is 21.7. The number of hydrogen-bond donors (Lipinski definition) is 1. The van der Waals surface area contributed by atoms with E-state index >= 15 is 0 Å². The first-order chi connectivity index (χ1) is 14.4. The van der Waals surface area contributed by atoms with E-state index < -0.39 is 12.1 Å². The minimum absolute atomic E-state index is 0.327. The highest BCUT2D eigenvalue weighted by Crippen LogP contribution is 2.30. The van der Waals surface area contributed by atoms with Crippen molar-refractivity contribution >= 4 is 28.9 Å². The number of nitrogens with zero attached hydrogens (tertiary/aromatic N) is 1. The lowest BCUT2D eigenvalue weighted by Crippen LogP contribution is -2.26. The van der Waals surface area contributed by atoms with E-state index in [9.17, 15) is 9.90 Å². The third-order valence-corrected chi connectivity index (χ3v) is 6.15. The molecule has 3 rings (SSSR count). The van der Waals surface area contributed by atoms with Crippen LogP contribution < -0.4 is 4.74 Å². The third-order valence-electron chi connectivity index (χ3n) is 4.72. The van der Waals surface area contributed by atoms with Crippen molar-refractivity contribution in [3.8, 4) is 16.3 Å². The molecular weight excluding hydrogens is 422 g/mol. The van der Waals surface area contributed by atoms with Gasteiger partial charge in [0.1, 0.15) is 17.4 Å². The summed E-state index contributed by atoms with van der Waals surface area (Å²) in [6.45, 7) is 6.50. The highest BCUT2D eigenvalue weighted by atomic mass is 35.5. The van der Waals surface area contributed by atoms with Crippen molar-refractivity contribution < 1.29 is 19.4 Å². The number of rotatable bonds is 9. The van der Waals surface area contributed by atoms with Gasteiger partial charge in [-0.05, 0) is 56.2 Å². The number of halogens is 1. The van der Waals surface area contributed by atoms with Crippen LogP contribution >= 0.6 is 22.9 Å². The smallest absolute Gasteiger partial charge is 0.333 e. The summed E-state index contributed by atoms with van der Waals surface area (Å²) in [5, 5.41) is 10.9. The normalized spacial score (nSPS) is 12.0. The molecular formula is C23H24ClNO4S. The summed E-state index contributed by atoms with van der Waals surface area (Å²) in [5.74, 6) is -0.214. The van der Waals surface area contributed by atoms with Gasteiger partial charge in [0, 0.05) is 23.6 Å². The fourth-order valence-corrected chi connectivity index (χ4v) is 4.14. The Morgan fingerprint density at radius 1 is 1.20 bits per heavy atom. The Morgan fingerprint density at radius 3 is 2.57 bits per heavy atom. The first-order valence-electron chi connectivity index (χ1n) is 9.66. The van der Waals surface area contributed by atoms with Crippen molar-refractivity contribution in [3.63, 3.8) is 0 Å². The Labute approximate surface area is 185 Å². The van der Waals surface area contributed by atoms with Gasteiger partial charge in [0.2, 0.25) is 0 Å². The predicted octanol–water partition coefficient (Wildman–Crippen LogP) is 5.69. The lowest BCUT2D eigenvalue weighted by Gasteiger charge is -2.15. The molecule has 0 fully saturated rings. The molecule has 1 unspecified atom stereocenters. The molecule has 0 radical (unpaired) electrons. The van der Waals surface area contributed by atoms with Gasteiger partial charge in [0.05, 0.1) is 10.6 Å². The monoisotopic (exact) mass is 445 g/mol. The van der Waals surface area contributed by atoms with Crippen molar-refractivity contribution in [2.24, 2.45) is 0 Å². The maximum atomic E-state index is 11.3. The summed E-state index contributed by atoms with van der Waals surface area (Å²) >= 11 is 7.56. The fraction of sp³-hybridized carbons (Fsp3) is 0.304. The third kappa shape index (κ3) is 5.59. The van der Waals surface area contributed by atoms with Crippen LogP contribution in [0, 0.1) is 13.8 Å². The second-order valence-electron chi connectivity index (χ2n) is 6.90. The number of hydrogen-bond acceptors (Lipinski definition) is 5. The average molecular weight is 446 g/mol. The number of carboxylic acids is 1. The number of thiazole rings is 1. The van der Waals surface area contributed by atoms with E-state index in [0.29, 0.717) is 24.7 Å². The van der Waals surface area contributed by atoms with E-state index in [0.717, 1.165) is 38.0 Å². The van der Waals surface area contributed by atoms with Crippen LogP contribution in [-0.4, -0.2) is 28.8 Å². The maximum Gasteiger partial charge on any atom is 0.333 e. The summed E-state index contributed by atoms with van der Waals surface area (Å²) in [6, 6.07) is 13.3. The quantitative estimate of drug-likeness (QED) is 0.458. The van der Waals surface area contributed by atoms with Gasteiger partial charge in [-0.2, -0.15) is 0 Å². The molecule has 0 aliphatic heterocycles. The van der Waals surface area contributed by atoms with E-state index in [2.05, 4.69) is 4.98 Å². The van der Waals surface area contributed by atoms with Gasteiger partial charge in [0.15, 0.2) is 6.10 Å². The van der Waals surface area contributed by atoms with Gasteiger partial charge >= 0.3 is 5.97 Å². The molecule has 7 heteroatoms. The van der Waals surface area contributed by atoms with Crippen LogP contribution in [0.25, 0.3) is 10.6 Å². The molecule has 1 aromatic heterocycles. The zero-order valence-electron chi connectivity index (χ0n) is 17.1. The van der Waals surface area contributed by atoms with Crippen LogP contribution in [0.4, 0.5) is 0 Å². The molecule has 5 nitrogen and oxygen atoms in total. The molecule has 0 spiro atoms. The molecule has 0 amide bonds. The lowest BCUT2D eigenvalue weighted by atomic mass is 10.0. The molecule has 158 valence electrons. The van der Waals surface area contributed by atoms with Crippen LogP contribution in [0.3, 0.4) is 0 Å².